The Morgan fingerprint density at radius 2 is 1.59 bits per heavy atom. The minimum Gasteiger partial charge on any atom is -0.497 e. The van der Waals surface area contributed by atoms with Crippen LogP contribution in [0.4, 0.5) is 5.69 Å². The second kappa shape index (κ2) is 5.73. The summed E-state index contributed by atoms with van der Waals surface area (Å²) in [5.74, 6) is -0.367. The fraction of sp³-hybridized carbons (Fsp3) is 0.0588. The molecule has 0 unspecified atom stereocenters. The van der Waals surface area contributed by atoms with E-state index in [0.717, 1.165) is 0 Å². The Bertz CT molecular complexity index is 749. The van der Waals surface area contributed by atoms with Gasteiger partial charge in [0.1, 0.15) is 11.4 Å². The van der Waals surface area contributed by atoms with Crippen LogP contribution >= 0.6 is 0 Å². The first-order valence-corrected chi connectivity index (χ1v) is 6.70. The molecule has 0 atom stereocenters. The average Bonchev–Trinajstić information content (AvgIpc) is 2.83. The molecule has 0 fully saturated rings. The van der Waals surface area contributed by atoms with Crippen molar-refractivity contribution >= 4 is 23.1 Å². The summed E-state index contributed by atoms with van der Waals surface area (Å²) in [6.45, 7) is 0. The van der Waals surface area contributed by atoms with Crippen molar-refractivity contribution in [3.8, 4) is 5.75 Å². The van der Waals surface area contributed by atoms with Crippen LogP contribution in [0.1, 0.15) is 5.56 Å². The van der Waals surface area contributed by atoms with Crippen LogP contribution in [-0.4, -0.2) is 18.9 Å². The summed E-state index contributed by atoms with van der Waals surface area (Å²) in [6, 6.07) is 16.1. The summed E-state index contributed by atoms with van der Waals surface area (Å²) in [6.07, 6.45) is 0. The van der Waals surface area contributed by atoms with Gasteiger partial charge in [0.25, 0.3) is 11.8 Å². The Labute approximate surface area is 127 Å². The smallest absolute Gasteiger partial charge is 0.297 e. The third kappa shape index (κ3) is 2.56. The lowest BCUT2D eigenvalue weighted by molar-refractivity contribution is -0.123. The van der Waals surface area contributed by atoms with Gasteiger partial charge in [0.05, 0.1) is 12.7 Å². The average molecular weight is 293 g/mol. The van der Waals surface area contributed by atoms with Gasteiger partial charge in [-0.2, -0.15) is 5.32 Å². The Morgan fingerprint density at radius 3 is 2.23 bits per heavy atom. The van der Waals surface area contributed by atoms with Crippen molar-refractivity contribution in [1.29, 1.82) is 0 Å². The predicted octanol–water partition coefficient (Wildman–Crippen LogP) is 2.19. The van der Waals surface area contributed by atoms with Crippen molar-refractivity contribution in [2.75, 3.05) is 12.4 Å². The van der Waals surface area contributed by atoms with E-state index in [-0.39, 0.29) is 5.70 Å². The number of imide groups is 1. The molecule has 2 aromatic rings. The largest absolute Gasteiger partial charge is 0.497 e. The Morgan fingerprint density at radius 1 is 0.909 bits per heavy atom. The number of hydrogen-bond acceptors (Lipinski definition) is 4. The zero-order chi connectivity index (χ0) is 15.5. The van der Waals surface area contributed by atoms with E-state index in [9.17, 15) is 9.59 Å². The molecular formula is C17H13N2O3. The van der Waals surface area contributed by atoms with E-state index in [2.05, 4.69) is 10.6 Å². The lowest BCUT2D eigenvalue weighted by Gasteiger charge is -2.08. The first-order chi connectivity index (χ1) is 10.7. The van der Waals surface area contributed by atoms with Crippen molar-refractivity contribution in [2.24, 2.45) is 0 Å². The molecule has 109 valence electrons. The minimum absolute atomic E-state index is 0.196. The number of methoxy groups -OCH3 is 1. The summed E-state index contributed by atoms with van der Waals surface area (Å²) >= 11 is 0. The monoisotopic (exact) mass is 293 g/mol. The van der Waals surface area contributed by atoms with Crippen molar-refractivity contribution in [3.05, 3.63) is 65.9 Å². The summed E-state index contributed by atoms with van der Waals surface area (Å²) in [4.78, 5) is 23.9. The highest BCUT2D eigenvalue weighted by atomic mass is 16.5. The maximum atomic E-state index is 12.0. The molecule has 0 spiro atoms. The highest BCUT2D eigenvalue weighted by Gasteiger charge is 2.33. The van der Waals surface area contributed by atoms with Gasteiger partial charge in [0.2, 0.25) is 0 Å². The molecule has 0 saturated carbocycles. The number of carbonyl (C=O) groups is 2. The Balaban J connectivity index is 1.98. The van der Waals surface area contributed by atoms with Gasteiger partial charge in [-0.1, -0.05) is 30.3 Å². The van der Waals surface area contributed by atoms with E-state index < -0.39 is 11.8 Å². The molecule has 3 rings (SSSR count). The molecule has 0 saturated heterocycles. The Hall–Kier alpha value is -3.08. The molecule has 1 heterocycles. The van der Waals surface area contributed by atoms with E-state index in [1.807, 2.05) is 18.2 Å². The number of nitrogens with one attached hydrogen (secondary N) is 1. The number of benzene rings is 2. The van der Waals surface area contributed by atoms with Crippen LogP contribution in [0.5, 0.6) is 5.75 Å². The van der Waals surface area contributed by atoms with E-state index in [1.54, 1.807) is 43.5 Å². The second-order valence-corrected chi connectivity index (χ2v) is 4.69. The number of nitrogens with zero attached hydrogens (tertiary/aromatic N) is 1. The number of ether oxygens (including phenoxy) is 1. The third-order valence-corrected chi connectivity index (χ3v) is 3.30. The van der Waals surface area contributed by atoms with Gasteiger partial charge in [0, 0.05) is 5.69 Å². The molecule has 1 radical (unpaired) electrons. The van der Waals surface area contributed by atoms with E-state index >= 15 is 0 Å². The highest BCUT2D eigenvalue weighted by Crippen LogP contribution is 2.26. The second-order valence-electron chi connectivity index (χ2n) is 4.69. The molecule has 1 aliphatic heterocycles. The van der Waals surface area contributed by atoms with Crippen molar-refractivity contribution in [3.63, 3.8) is 0 Å². The molecule has 1 N–H and O–H groups in total. The summed E-state index contributed by atoms with van der Waals surface area (Å²) < 4.78 is 5.09. The topological polar surface area (TPSA) is 69.5 Å². The molecule has 22 heavy (non-hydrogen) atoms. The van der Waals surface area contributed by atoms with Gasteiger partial charge in [-0.3, -0.25) is 9.59 Å². The van der Waals surface area contributed by atoms with Gasteiger partial charge in [-0.15, -0.1) is 0 Å². The van der Waals surface area contributed by atoms with Gasteiger partial charge in [-0.25, -0.2) is 0 Å². The maximum Gasteiger partial charge on any atom is 0.297 e. The molecule has 5 nitrogen and oxygen atoms in total. The number of rotatable bonds is 4. The SMILES string of the molecule is COc1ccc(NC2=C(c3ccccc3)C(=O)[N]C2=O)cc1. The van der Waals surface area contributed by atoms with E-state index in [4.69, 9.17) is 4.74 Å². The normalized spacial score (nSPS) is 14.0. The summed E-state index contributed by atoms with van der Waals surface area (Å²) in [5.41, 5.74) is 1.84. The zero-order valence-corrected chi connectivity index (χ0v) is 11.9. The first-order valence-electron chi connectivity index (χ1n) is 6.70. The maximum absolute atomic E-state index is 12.0. The van der Waals surface area contributed by atoms with Crippen molar-refractivity contribution < 1.29 is 14.3 Å². The summed E-state index contributed by atoms with van der Waals surface area (Å²) in [5, 5.41) is 6.50. The molecule has 0 aromatic heterocycles. The van der Waals surface area contributed by atoms with Gasteiger partial charge in [0.15, 0.2) is 0 Å². The fourth-order valence-corrected chi connectivity index (χ4v) is 2.23. The fourth-order valence-electron chi connectivity index (χ4n) is 2.23. The van der Waals surface area contributed by atoms with Crippen LogP contribution in [0, 0.1) is 0 Å². The van der Waals surface area contributed by atoms with Crippen LogP contribution in [-0.2, 0) is 9.59 Å². The molecular weight excluding hydrogens is 280 g/mol. The van der Waals surface area contributed by atoms with Crippen LogP contribution in [0.2, 0.25) is 0 Å². The lowest BCUT2D eigenvalue weighted by atomic mass is 10.0. The Kier molecular flexibility index (Phi) is 3.62. The molecule has 2 amide bonds. The van der Waals surface area contributed by atoms with Crippen molar-refractivity contribution in [2.45, 2.75) is 0 Å². The highest BCUT2D eigenvalue weighted by molar-refractivity contribution is 6.36. The predicted molar refractivity (Wildman–Crippen MR) is 82.1 cm³/mol. The number of hydrogen-bond donors (Lipinski definition) is 1. The number of anilines is 1. The van der Waals surface area contributed by atoms with Gasteiger partial charge >= 0.3 is 0 Å². The van der Waals surface area contributed by atoms with E-state index in [1.165, 1.54) is 0 Å². The number of carbonyl (C=O) groups excluding carboxylic acids is 2. The molecule has 2 aromatic carbocycles. The molecule has 0 bridgehead atoms. The minimum atomic E-state index is -0.556. The third-order valence-electron chi connectivity index (χ3n) is 3.30. The quantitative estimate of drug-likeness (QED) is 0.877. The van der Waals surface area contributed by atoms with Gasteiger partial charge in [-0.05, 0) is 29.8 Å². The number of amides is 2. The molecule has 5 heteroatoms. The standard InChI is InChI=1S/C17H13N2O3/c1-22-13-9-7-12(8-10-13)18-15-14(16(20)19-17(15)21)11-5-3-2-4-6-11/h2-10,18H,1H3. The van der Waals surface area contributed by atoms with Gasteiger partial charge < -0.3 is 10.1 Å². The molecule has 0 aliphatic carbocycles. The van der Waals surface area contributed by atoms with E-state index in [0.29, 0.717) is 22.6 Å². The first kappa shape index (κ1) is 13.9. The van der Waals surface area contributed by atoms with Crippen LogP contribution in [0.3, 0.4) is 0 Å². The van der Waals surface area contributed by atoms with Crippen LogP contribution < -0.4 is 15.4 Å². The summed E-state index contributed by atoms with van der Waals surface area (Å²) in [7, 11) is 1.58. The molecule has 1 aliphatic rings. The zero-order valence-electron chi connectivity index (χ0n) is 11.9. The van der Waals surface area contributed by atoms with Crippen molar-refractivity contribution in [1.82, 2.24) is 5.32 Å². The van der Waals surface area contributed by atoms with Crippen LogP contribution in [0.15, 0.2) is 60.3 Å². The lowest BCUT2D eigenvalue weighted by Crippen LogP contribution is -2.16. The van der Waals surface area contributed by atoms with Crippen LogP contribution in [0.25, 0.3) is 5.57 Å².